The summed E-state index contributed by atoms with van der Waals surface area (Å²) in [6.45, 7) is 2.70. The van der Waals surface area contributed by atoms with Crippen molar-refractivity contribution in [2.45, 2.75) is 37.7 Å². The molecule has 0 bridgehead atoms. The lowest BCUT2D eigenvalue weighted by molar-refractivity contribution is -0.125. The van der Waals surface area contributed by atoms with Crippen LogP contribution in [0.25, 0.3) is 0 Å². The summed E-state index contributed by atoms with van der Waals surface area (Å²) in [6.07, 6.45) is 5.27. The van der Waals surface area contributed by atoms with Crippen molar-refractivity contribution in [2.24, 2.45) is 0 Å². The topological polar surface area (TPSA) is 52.6 Å². The van der Waals surface area contributed by atoms with Gasteiger partial charge in [-0.25, -0.2) is 0 Å². The van der Waals surface area contributed by atoms with Crippen molar-refractivity contribution < 1.29 is 9.90 Å². The Balaban J connectivity index is 1.86. The summed E-state index contributed by atoms with van der Waals surface area (Å²) < 4.78 is 0. The highest BCUT2D eigenvalue weighted by atomic mass is 16.3. The Hall–Kier alpha value is -0.610. The minimum absolute atomic E-state index is 0.0839. The molecule has 2 aliphatic rings. The molecule has 1 aliphatic heterocycles. The number of piperazine rings is 1. The average Bonchev–Trinajstić information content (AvgIpc) is 2.18. The van der Waals surface area contributed by atoms with E-state index in [0.717, 1.165) is 38.8 Å². The van der Waals surface area contributed by atoms with Crippen LogP contribution in [0.1, 0.15) is 32.1 Å². The van der Waals surface area contributed by atoms with E-state index in [1.54, 1.807) is 0 Å². The van der Waals surface area contributed by atoms with Crippen LogP contribution in [0, 0.1) is 0 Å². The number of carbonyl (C=O) groups excluding carboxylic acids is 1. The highest BCUT2D eigenvalue weighted by Gasteiger charge is 2.32. The van der Waals surface area contributed by atoms with Gasteiger partial charge >= 0.3 is 0 Å². The molecule has 1 aliphatic carbocycles. The van der Waals surface area contributed by atoms with E-state index in [2.05, 4.69) is 10.2 Å². The maximum atomic E-state index is 11.2. The van der Waals surface area contributed by atoms with Gasteiger partial charge in [0.1, 0.15) is 0 Å². The van der Waals surface area contributed by atoms with Crippen LogP contribution in [-0.4, -0.2) is 47.7 Å². The van der Waals surface area contributed by atoms with Gasteiger partial charge < -0.3 is 10.4 Å². The zero-order valence-electron chi connectivity index (χ0n) is 9.17. The molecule has 0 aromatic rings. The van der Waals surface area contributed by atoms with E-state index in [1.165, 1.54) is 6.42 Å². The smallest absolute Gasteiger partial charge is 0.234 e. The number of aliphatic hydroxyl groups is 1. The summed E-state index contributed by atoms with van der Waals surface area (Å²) in [5.41, 5.74) is -0.532. The van der Waals surface area contributed by atoms with Crippen LogP contribution >= 0.6 is 0 Å². The van der Waals surface area contributed by atoms with Gasteiger partial charge in [0.15, 0.2) is 0 Å². The molecule has 1 saturated carbocycles. The molecule has 2 fully saturated rings. The van der Waals surface area contributed by atoms with Crippen LogP contribution < -0.4 is 5.32 Å². The first-order valence-corrected chi connectivity index (χ1v) is 5.89. The SMILES string of the molecule is O=C1CN(CC2(O)CCCCC2)CCN1. The molecule has 1 saturated heterocycles. The molecule has 2 rings (SSSR count). The molecule has 4 nitrogen and oxygen atoms in total. The van der Waals surface area contributed by atoms with Crippen molar-refractivity contribution in [1.29, 1.82) is 0 Å². The Kier molecular flexibility index (Phi) is 3.26. The van der Waals surface area contributed by atoms with Crippen LogP contribution in [0.5, 0.6) is 0 Å². The lowest BCUT2D eigenvalue weighted by Crippen LogP contribution is -2.53. The molecule has 0 atom stereocenters. The Morgan fingerprint density at radius 1 is 1.33 bits per heavy atom. The van der Waals surface area contributed by atoms with Gasteiger partial charge in [0.05, 0.1) is 12.1 Å². The maximum absolute atomic E-state index is 11.2. The van der Waals surface area contributed by atoms with Crippen molar-refractivity contribution in [1.82, 2.24) is 10.2 Å². The van der Waals surface area contributed by atoms with E-state index < -0.39 is 5.60 Å². The third-order valence-electron chi connectivity index (χ3n) is 3.42. The molecule has 15 heavy (non-hydrogen) atoms. The first-order valence-electron chi connectivity index (χ1n) is 5.89. The molecule has 0 aromatic carbocycles. The van der Waals surface area contributed by atoms with Crippen molar-refractivity contribution in [3.05, 3.63) is 0 Å². The van der Waals surface area contributed by atoms with Gasteiger partial charge in [-0.15, -0.1) is 0 Å². The number of nitrogens with one attached hydrogen (secondary N) is 1. The molecule has 1 heterocycles. The fraction of sp³-hybridized carbons (Fsp3) is 0.909. The summed E-state index contributed by atoms with van der Waals surface area (Å²) in [4.78, 5) is 13.3. The fourth-order valence-corrected chi connectivity index (χ4v) is 2.61. The Bertz CT molecular complexity index is 237. The van der Waals surface area contributed by atoms with Crippen LogP contribution in [0.2, 0.25) is 0 Å². The fourth-order valence-electron chi connectivity index (χ4n) is 2.61. The lowest BCUT2D eigenvalue weighted by atomic mass is 9.84. The van der Waals surface area contributed by atoms with Crippen LogP contribution in [-0.2, 0) is 4.79 Å². The second kappa shape index (κ2) is 4.49. The largest absolute Gasteiger partial charge is 0.389 e. The summed E-state index contributed by atoms with van der Waals surface area (Å²) >= 11 is 0. The minimum Gasteiger partial charge on any atom is -0.389 e. The molecule has 0 spiro atoms. The highest BCUT2D eigenvalue weighted by molar-refractivity contribution is 5.78. The first kappa shape index (κ1) is 10.9. The van der Waals surface area contributed by atoms with Crippen molar-refractivity contribution in [3.63, 3.8) is 0 Å². The summed E-state index contributed by atoms with van der Waals surface area (Å²) in [5, 5.41) is 13.1. The molecular formula is C11H20N2O2. The van der Waals surface area contributed by atoms with E-state index in [0.29, 0.717) is 13.1 Å². The standard InChI is InChI=1S/C11H20N2O2/c14-10-8-13(7-6-12-10)9-11(15)4-2-1-3-5-11/h15H,1-9H2,(H,12,14). The Morgan fingerprint density at radius 2 is 2.07 bits per heavy atom. The number of rotatable bonds is 2. The van der Waals surface area contributed by atoms with Crippen molar-refractivity contribution in [2.75, 3.05) is 26.2 Å². The second-order valence-electron chi connectivity index (χ2n) is 4.85. The van der Waals surface area contributed by atoms with E-state index in [-0.39, 0.29) is 5.91 Å². The molecule has 0 aromatic heterocycles. The number of hydrogen-bond acceptors (Lipinski definition) is 3. The molecule has 86 valence electrons. The van der Waals surface area contributed by atoms with Crippen LogP contribution in [0.3, 0.4) is 0 Å². The van der Waals surface area contributed by atoms with E-state index in [9.17, 15) is 9.90 Å². The third kappa shape index (κ3) is 2.92. The maximum Gasteiger partial charge on any atom is 0.234 e. The zero-order chi connectivity index (χ0) is 10.7. The predicted molar refractivity (Wildman–Crippen MR) is 57.5 cm³/mol. The first-order chi connectivity index (χ1) is 7.18. The Morgan fingerprint density at radius 3 is 2.73 bits per heavy atom. The van der Waals surface area contributed by atoms with Crippen molar-refractivity contribution >= 4 is 5.91 Å². The molecule has 4 heteroatoms. The molecule has 2 N–H and O–H groups in total. The van der Waals surface area contributed by atoms with Gasteiger partial charge in [0.25, 0.3) is 0 Å². The number of amides is 1. The molecular weight excluding hydrogens is 192 g/mol. The summed E-state index contributed by atoms with van der Waals surface area (Å²) in [6, 6.07) is 0. The minimum atomic E-state index is -0.532. The number of nitrogens with zero attached hydrogens (tertiary/aromatic N) is 1. The molecule has 0 radical (unpaired) electrons. The predicted octanol–water partition coefficient (Wildman–Crippen LogP) is 0.113. The van der Waals surface area contributed by atoms with Gasteiger partial charge in [0.2, 0.25) is 5.91 Å². The van der Waals surface area contributed by atoms with Crippen molar-refractivity contribution in [3.8, 4) is 0 Å². The summed E-state index contributed by atoms with van der Waals surface area (Å²) in [5.74, 6) is 0.0839. The van der Waals surface area contributed by atoms with Gasteiger partial charge in [0, 0.05) is 19.6 Å². The average molecular weight is 212 g/mol. The van der Waals surface area contributed by atoms with Gasteiger partial charge in [-0.1, -0.05) is 19.3 Å². The van der Waals surface area contributed by atoms with Crippen LogP contribution in [0.15, 0.2) is 0 Å². The van der Waals surface area contributed by atoms with Gasteiger partial charge in [-0.3, -0.25) is 9.69 Å². The number of β-amino-alcohol motifs (C(OH)–C–C–N with tert-alkyl or cyclic N) is 1. The zero-order valence-corrected chi connectivity index (χ0v) is 9.17. The van der Waals surface area contributed by atoms with E-state index >= 15 is 0 Å². The monoisotopic (exact) mass is 212 g/mol. The van der Waals surface area contributed by atoms with Crippen LogP contribution in [0.4, 0.5) is 0 Å². The molecule has 0 unspecified atom stereocenters. The number of carbonyl (C=O) groups is 1. The van der Waals surface area contributed by atoms with Gasteiger partial charge in [-0.2, -0.15) is 0 Å². The van der Waals surface area contributed by atoms with E-state index in [4.69, 9.17) is 0 Å². The van der Waals surface area contributed by atoms with E-state index in [1.807, 2.05) is 0 Å². The highest BCUT2D eigenvalue weighted by Crippen LogP contribution is 2.28. The normalized spacial score (nSPS) is 27.4. The Labute approximate surface area is 90.6 Å². The number of hydrogen-bond donors (Lipinski definition) is 2. The lowest BCUT2D eigenvalue weighted by Gasteiger charge is -2.38. The second-order valence-corrected chi connectivity index (χ2v) is 4.85. The van der Waals surface area contributed by atoms with Gasteiger partial charge in [-0.05, 0) is 12.8 Å². The quantitative estimate of drug-likeness (QED) is 0.683. The third-order valence-corrected chi connectivity index (χ3v) is 3.42. The summed E-state index contributed by atoms with van der Waals surface area (Å²) in [7, 11) is 0. The molecule has 1 amide bonds.